The zero-order valence-electron chi connectivity index (χ0n) is 15.2. The minimum Gasteiger partial charge on any atom is -0.480 e. The number of likely N-dealkylation sites (tertiary alicyclic amines) is 1. The number of carbonyl (C=O) groups is 1. The van der Waals surface area contributed by atoms with Crippen LogP contribution in [-0.4, -0.2) is 55.6 Å². The number of aliphatic carboxylic acids is 1. The van der Waals surface area contributed by atoms with Crippen molar-refractivity contribution in [3.8, 4) is 0 Å². The maximum Gasteiger partial charge on any atom is 0.328 e. The second kappa shape index (κ2) is 8.07. The van der Waals surface area contributed by atoms with Gasteiger partial charge in [0.2, 0.25) is 0 Å². The Kier molecular flexibility index (Phi) is 6.34. The molecule has 0 radical (unpaired) electrons. The molecule has 1 aromatic heterocycles. The van der Waals surface area contributed by atoms with E-state index in [-0.39, 0.29) is 17.4 Å². The van der Waals surface area contributed by atoms with Gasteiger partial charge in [-0.25, -0.2) is 9.48 Å². The summed E-state index contributed by atoms with van der Waals surface area (Å²) in [6.45, 7) is 8.93. The molecule has 2 heterocycles. The van der Waals surface area contributed by atoms with Gasteiger partial charge in [-0.2, -0.15) is 5.10 Å². The minimum absolute atomic E-state index is 0.0654. The lowest BCUT2D eigenvalue weighted by Gasteiger charge is -2.30. The summed E-state index contributed by atoms with van der Waals surface area (Å²) in [5.41, 5.74) is 1.10. The van der Waals surface area contributed by atoms with Crippen LogP contribution in [0.1, 0.15) is 37.6 Å². The highest BCUT2D eigenvalue weighted by Crippen LogP contribution is 2.27. The Morgan fingerprint density at radius 1 is 1.42 bits per heavy atom. The molecule has 0 bridgehead atoms. The molecule has 1 aliphatic heterocycles. The van der Waals surface area contributed by atoms with E-state index in [0.717, 1.165) is 48.0 Å². The Labute approximate surface area is 146 Å². The average molecular weight is 352 g/mol. The summed E-state index contributed by atoms with van der Waals surface area (Å²) in [4.78, 5) is 26.8. The summed E-state index contributed by atoms with van der Waals surface area (Å²) in [6, 6.07) is 1.76. The lowest BCUT2D eigenvalue weighted by Crippen LogP contribution is -2.40. The molecule has 1 N–H and O–H groups in total. The molecule has 1 aliphatic rings. The van der Waals surface area contributed by atoms with Crippen LogP contribution in [-0.2, 0) is 11.2 Å². The summed E-state index contributed by atoms with van der Waals surface area (Å²) in [5, 5.41) is 14.2. The third kappa shape index (κ3) is 4.13. The first kappa shape index (κ1) is 18.9. The fourth-order valence-electron chi connectivity index (χ4n) is 3.42. The molecule has 0 saturated carbocycles. The second-order valence-corrected chi connectivity index (χ2v) is 7.93. The highest BCUT2D eigenvalue weighted by Gasteiger charge is 2.33. The van der Waals surface area contributed by atoms with E-state index >= 15 is 0 Å². The van der Waals surface area contributed by atoms with Crippen LogP contribution in [0, 0.1) is 18.8 Å². The smallest absolute Gasteiger partial charge is 0.328 e. The summed E-state index contributed by atoms with van der Waals surface area (Å²) in [5.74, 6) is -0.829. The lowest BCUT2D eigenvalue weighted by molar-refractivity contribution is -0.143. The molecular formula is C17H29N3O3Si. The third-order valence-electron chi connectivity index (χ3n) is 5.05. The van der Waals surface area contributed by atoms with Gasteiger partial charge in [0, 0.05) is 28.8 Å². The van der Waals surface area contributed by atoms with Crippen LogP contribution in [0.5, 0.6) is 0 Å². The summed E-state index contributed by atoms with van der Waals surface area (Å²) in [7, 11) is 0.903. The first-order valence-electron chi connectivity index (χ1n) is 8.89. The number of nitrogens with zero attached hydrogens (tertiary/aromatic N) is 3. The normalized spacial score (nSPS) is 17.7. The van der Waals surface area contributed by atoms with E-state index in [0.29, 0.717) is 5.56 Å². The zero-order valence-corrected chi connectivity index (χ0v) is 17.2. The molecule has 0 aromatic carbocycles. The number of hydrogen-bond acceptors (Lipinski definition) is 4. The van der Waals surface area contributed by atoms with Crippen molar-refractivity contribution in [1.29, 1.82) is 0 Å². The van der Waals surface area contributed by atoms with E-state index < -0.39 is 12.0 Å². The molecule has 134 valence electrons. The van der Waals surface area contributed by atoms with E-state index in [1.807, 2.05) is 19.9 Å². The van der Waals surface area contributed by atoms with Crippen LogP contribution in [0.3, 0.4) is 0 Å². The summed E-state index contributed by atoms with van der Waals surface area (Å²) >= 11 is 0. The van der Waals surface area contributed by atoms with Gasteiger partial charge in [-0.05, 0) is 44.3 Å². The van der Waals surface area contributed by atoms with Crippen molar-refractivity contribution in [1.82, 2.24) is 14.7 Å². The topological polar surface area (TPSA) is 75.4 Å². The summed E-state index contributed by atoms with van der Waals surface area (Å²) in [6.07, 6.45) is 1.99. The van der Waals surface area contributed by atoms with E-state index in [1.54, 1.807) is 6.92 Å². The average Bonchev–Trinajstić information content (AvgIpc) is 2.46. The molecule has 6 nitrogen and oxygen atoms in total. The van der Waals surface area contributed by atoms with Gasteiger partial charge in [-0.15, -0.1) is 0 Å². The van der Waals surface area contributed by atoms with Crippen molar-refractivity contribution in [2.45, 2.75) is 45.7 Å². The quantitative estimate of drug-likeness (QED) is 0.690. The van der Waals surface area contributed by atoms with Gasteiger partial charge in [-0.3, -0.25) is 4.79 Å². The molecule has 0 spiro atoms. The van der Waals surface area contributed by atoms with Crippen molar-refractivity contribution in [3.05, 3.63) is 27.7 Å². The predicted octanol–water partition coefficient (Wildman–Crippen LogP) is 0.482. The van der Waals surface area contributed by atoms with E-state index in [9.17, 15) is 14.7 Å². The number of aryl methyl sites for hydroxylation is 1. The Hall–Kier alpha value is -1.47. The highest BCUT2D eigenvalue weighted by molar-refractivity contribution is 6.08. The number of carboxylic acid groups (broad SMARTS) is 1. The van der Waals surface area contributed by atoms with Gasteiger partial charge in [-0.1, -0.05) is 19.9 Å². The van der Waals surface area contributed by atoms with Crippen molar-refractivity contribution in [3.63, 3.8) is 0 Å². The number of aromatic nitrogens is 2. The monoisotopic (exact) mass is 351 g/mol. The van der Waals surface area contributed by atoms with Crippen molar-refractivity contribution in [2.24, 2.45) is 11.8 Å². The fourth-order valence-corrected chi connectivity index (χ4v) is 4.81. The van der Waals surface area contributed by atoms with Gasteiger partial charge in [0.15, 0.2) is 6.04 Å². The highest BCUT2D eigenvalue weighted by atomic mass is 28.1. The van der Waals surface area contributed by atoms with Gasteiger partial charge in [0.1, 0.15) is 0 Å². The van der Waals surface area contributed by atoms with Crippen LogP contribution in [0.4, 0.5) is 0 Å². The molecule has 1 unspecified atom stereocenters. The maximum atomic E-state index is 12.6. The molecule has 1 fully saturated rings. The molecule has 0 aliphatic carbocycles. The Balaban J connectivity index is 2.35. The molecule has 2 atom stereocenters. The van der Waals surface area contributed by atoms with Gasteiger partial charge < -0.3 is 10.0 Å². The maximum absolute atomic E-state index is 12.6. The molecule has 1 saturated heterocycles. The Morgan fingerprint density at radius 3 is 2.54 bits per heavy atom. The lowest BCUT2D eigenvalue weighted by atomic mass is 9.90. The molecule has 0 amide bonds. The van der Waals surface area contributed by atoms with Crippen molar-refractivity contribution < 1.29 is 9.90 Å². The van der Waals surface area contributed by atoms with Crippen LogP contribution < -0.4 is 5.56 Å². The number of hydrogen-bond donors (Lipinski definition) is 1. The van der Waals surface area contributed by atoms with Crippen LogP contribution in [0.15, 0.2) is 10.9 Å². The Morgan fingerprint density at radius 2 is 2.08 bits per heavy atom. The minimum atomic E-state index is -0.960. The largest absolute Gasteiger partial charge is 0.480 e. The fraction of sp³-hybridized carbons (Fsp3) is 0.706. The van der Waals surface area contributed by atoms with Gasteiger partial charge in [0.25, 0.3) is 5.56 Å². The molecule has 2 rings (SSSR count). The van der Waals surface area contributed by atoms with Crippen LogP contribution >= 0.6 is 0 Å². The molecule has 1 aromatic rings. The van der Waals surface area contributed by atoms with Crippen molar-refractivity contribution in [2.75, 3.05) is 19.6 Å². The number of carboxylic acids is 1. The Bertz CT molecular complexity index is 640. The summed E-state index contributed by atoms with van der Waals surface area (Å²) < 4.78 is 1.24. The molecule has 24 heavy (non-hydrogen) atoms. The van der Waals surface area contributed by atoms with Crippen LogP contribution in [0.25, 0.3) is 0 Å². The molecular weight excluding hydrogens is 322 g/mol. The second-order valence-electron chi connectivity index (χ2n) is 7.11. The van der Waals surface area contributed by atoms with Gasteiger partial charge >= 0.3 is 5.97 Å². The van der Waals surface area contributed by atoms with E-state index in [4.69, 9.17) is 0 Å². The van der Waals surface area contributed by atoms with Crippen molar-refractivity contribution >= 4 is 16.2 Å². The SMILES string of the molecule is Cc1cc(CCN2CCC2)nn([C@H](C(=O)O)C(C[SiH3])C(C)C)c1=O. The molecule has 7 heteroatoms. The van der Waals surface area contributed by atoms with Crippen LogP contribution in [0.2, 0.25) is 6.04 Å². The standard InChI is InChI=1S/C17H29N3O3Si/c1-11(2)14(10-24)15(17(22)23)20-16(21)12(3)9-13(18-20)5-8-19-6-4-7-19/h9,11,14-15H,4-8,10H2,1-3,24H3,(H,22,23)/t14?,15-/m0/s1. The zero-order chi connectivity index (χ0) is 17.9. The first-order valence-corrected chi connectivity index (χ1v) is 10.3. The van der Waals surface area contributed by atoms with E-state index in [1.165, 1.54) is 11.1 Å². The van der Waals surface area contributed by atoms with Gasteiger partial charge in [0.05, 0.1) is 5.69 Å². The predicted molar refractivity (Wildman–Crippen MR) is 97.7 cm³/mol. The third-order valence-corrected chi connectivity index (χ3v) is 5.99. The van der Waals surface area contributed by atoms with E-state index in [2.05, 4.69) is 10.00 Å². The first-order chi connectivity index (χ1) is 11.3. The number of rotatable bonds is 8.